The Morgan fingerprint density at radius 2 is 1.93 bits per heavy atom. The van der Waals surface area contributed by atoms with Crippen LogP contribution < -0.4 is 5.32 Å². The van der Waals surface area contributed by atoms with Gasteiger partial charge in [0.2, 0.25) is 5.82 Å². The molecule has 12 heteroatoms. The van der Waals surface area contributed by atoms with Crippen molar-refractivity contribution in [2.75, 3.05) is 11.9 Å². The fourth-order valence-electron chi connectivity index (χ4n) is 5.89. The number of tetrazole rings is 1. The van der Waals surface area contributed by atoms with E-state index < -0.39 is 35.0 Å². The summed E-state index contributed by atoms with van der Waals surface area (Å²) < 4.78 is 31.6. The normalized spacial score (nSPS) is 20.4. The Labute approximate surface area is 251 Å². The summed E-state index contributed by atoms with van der Waals surface area (Å²) in [5.74, 6) is -1.76. The number of carbonyl (C=O) groups is 1. The van der Waals surface area contributed by atoms with E-state index >= 15 is 8.78 Å². The van der Waals surface area contributed by atoms with Gasteiger partial charge >= 0.3 is 6.03 Å². The summed E-state index contributed by atoms with van der Waals surface area (Å²) in [5, 5.41) is 27.7. The predicted octanol–water partition coefficient (Wildman–Crippen LogP) is 7.55. The van der Waals surface area contributed by atoms with E-state index in [2.05, 4.69) is 32.0 Å². The first-order valence-corrected chi connectivity index (χ1v) is 13.9. The van der Waals surface area contributed by atoms with Gasteiger partial charge < -0.3 is 10.2 Å². The van der Waals surface area contributed by atoms with Gasteiger partial charge in [-0.05, 0) is 47.4 Å². The van der Waals surface area contributed by atoms with Crippen molar-refractivity contribution in [1.82, 2.24) is 25.5 Å². The highest BCUT2D eigenvalue weighted by Gasteiger charge is 2.60. The molecule has 1 fully saturated rings. The monoisotopic (exact) mass is 609 g/mol. The summed E-state index contributed by atoms with van der Waals surface area (Å²) in [6, 6.07) is 15.8. The molecule has 8 nitrogen and oxygen atoms in total. The molecule has 2 heterocycles. The molecule has 0 spiro atoms. The molecular formula is C30H27Cl2F2N7O. The zero-order chi connectivity index (χ0) is 30.2. The van der Waals surface area contributed by atoms with Crippen molar-refractivity contribution in [2.45, 2.75) is 38.6 Å². The van der Waals surface area contributed by atoms with Gasteiger partial charge in [0.05, 0.1) is 17.1 Å². The van der Waals surface area contributed by atoms with Crippen molar-refractivity contribution >= 4 is 34.9 Å². The molecule has 2 amide bonds. The maximum absolute atomic E-state index is 15.8. The van der Waals surface area contributed by atoms with Gasteiger partial charge in [0.1, 0.15) is 17.0 Å². The lowest BCUT2D eigenvalue weighted by Gasteiger charge is -2.38. The molecular weight excluding hydrogens is 583 g/mol. The zero-order valence-electron chi connectivity index (χ0n) is 23.0. The van der Waals surface area contributed by atoms with E-state index in [1.807, 2.05) is 20.8 Å². The van der Waals surface area contributed by atoms with Gasteiger partial charge in [0, 0.05) is 39.9 Å². The maximum atomic E-state index is 15.8. The molecule has 0 aliphatic carbocycles. The number of H-pyrrole nitrogens is 1. The van der Waals surface area contributed by atoms with Crippen LogP contribution in [0.3, 0.4) is 0 Å². The SMILES string of the molecule is CC(C)(C)CC1CN(C(=O)Nc2cccc(-c3nn[nH]n3)c2)C(c2cccc(Cl)c2F)C1(C#N)c1ccc(Cl)cc1F. The largest absolute Gasteiger partial charge is 0.322 e. The highest BCUT2D eigenvalue weighted by Crippen LogP contribution is 2.56. The Morgan fingerprint density at radius 3 is 2.60 bits per heavy atom. The van der Waals surface area contributed by atoms with Crippen LogP contribution in [0.25, 0.3) is 11.4 Å². The Morgan fingerprint density at radius 1 is 1.17 bits per heavy atom. The van der Waals surface area contributed by atoms with Crippen LogP contribution in [0, 0.1) is 34.3 Å². The number of hydrogen-bond donors (Lipinski definition) is 2. The molecule has 1 aliphatic rings. The van der Waals surface area contributed by atoms with Gasteiger partial charge in [0.25, 0.3) is 0 Å². The lowest BCUT2D eigenvalue weighted by molar-refractivity contribution is 0.198. The molecule has 3 unspecified atom stereocenters. The van der Waals surface area contributed by atoms with E-state index in [1.165, 1.54) is 29.2 Å². The van der Waals surface area contributed by atoms with Crippen LogP contribution in [-0.2, 0) is 5.41 Å². The summed E-state index contributed by atoms with van der Waals surface area (Å²) in [4.78, 5) is 15.5. The van der Waals surface area contributed by atoms with Crippen molar-refractivity contribution in [3.05, 3.63) is 93.5 Å². The number of nitrogens with one attached hydrogen (secondary N) is 2. The minimum absolute atomic E-state index is 0.00510. The topological polar surface area (TPSA) is 111 Å². The minimum Gasteiger partial charge on any atom is -0.315 e. The van der Waals surface area contributed by atoms with E-state index in [0.29, 0.717) is 23.5 Å². The zero-order valence-corrected chi connectivity index (χ0v) is 24.5. The van der Waals surface area contributed by atoms with Crippen molar-refractivity contribution in [2.24, 2.45) is 11.3 Å². The first kappa shape index (κ1) is 29.4. The number of halogens is 4. The number of amides is 2. The summed E-state index contributed by atoms with van der Waals surface area (Å²) in [6.07, 6.45) is 0.429. The maximum Gasteiger partial charge on any atom is 0.322 e. The number of aromatic nitrogens is 4. The molecule has 5 rings (SSSR count). The average molecular weight is 610 g/mol. The number of anilines is 1. The third-order valence-electron chi connectivity index (χ3n) is 7.48. The average Bonchev–Trinajstić information content (AvgIpc) is 3.57. The first-order chi connectivity index (χ1) is 19.9. The molecule has 1 aromatic heterocycles. The van der Waals surface area contributed by atoms with Crippen LogP contribution in [0.2, 0.25) is 10.0 Å². The second-order valence-corrected chi connectivity index (χ2v) is 12.4. The van der Waals surface area contributed by atoms with Crippen molar-refractivity contribution in [1.29, 1.82) is 5.26 Å². The number of benzene rings is 3. The summed E-state index contributed by atoms with van der Waals surface area (Å²) in [5.41, 5.74) is -0.962. The summed E-state index contributed by atoms with van der Waals surface area (Å²) in [7, 11) is 0. The second kappa shape index (κ2) is 11.3. The van der Waals surface area contributed by atoms with E-state index in [-0.39, 0.29) is 33.1 Å². The number of hydrogen-bond acceptors (Lipinski definition) is 5. The van der Waals surface area contributed by atoms with Crippen molar-refractivity contribution in [3.8, 4) is 17.5 Å². The molecule has 1 saturated heterocycles. The Hall–Kier alpha value is -4.07. The predicted molar refractivity (Wildman–Crippen MR) is 156 cm³/mol. The molecule has 0 bridgehead atoms. The van der Waals surface area contributed by atoms with Gasteiger partial charge in [0.15, 0.2) is 0 Å². The number of nitriles is 1. The molecule has 1 aliphatic heterocycles. The lowest BCUT2D eigenvalue weighted by atomic mass is 9.63. The summed E-state index contributed by atoms with van der Waals surface area (Å²) in [6.45, 7) is 6.03. The lowest BCUT2D eigenvalue weighted by Crippen LogP contribution is -2.42. The van der Waals surface area contributed by atoms with E-state index in [4.69, 9.17) is 23.2 Å². The molecule has 0 radical (unpaired) electrons. The van der Waals surface area contributed by atoms with Crippen LogP contribution >= 0.6 is 23.2 Å². The Kier molecular flexibility index (Phi) is 7.92. The van der Waals surface area contributed by atoms with Crippen LogP contribution in [0.4, 0.5) is 19.3 Å². The first-order valence-electron chi connectivity index (χ1n) is 13.2. The Balaban J connectivity index is 1.67. The van der Waals surface area contributed by atoms with Gasteiger partial charge in [-0.2, -0.15) is 10.5 Å². The molecule has 42 heavy (non-hydrogen) atoms. The van der Waals surface area contributed by atoms with Gasteiger partial charge in [-0.3, -0.25) is 0 Å². The minimum atomic E-state index is -1.68. The van der Waals surface area contributed by atoms with Gasteiger partial charge in [-0.25, -0.2) is 13.6 Å². The fourth-order valence-corrected chi connectivity index (χ4v) is 6.23. The summed E-state index contributed by atoms with van der Waals surface area (Å²) >= 11 is 12.3. The van der Waals surface area contributed by atoms with Gasteiger partial charge in [-0.1, -0.05) is 74.3 Å². The number of aromatic amines is 1. The fraction of sp³-hybridized carbons (Fsp3) is 0.300. The smallest absolute Gasteiger partial charge is 0.315 e. The number of urea groups is 1. The third-order valence-corrected chi connectivity index (χ3v) is 8.01. The molecule has 216 valence electrons. The number of rotatable bonds is 5. The van der Waals surface area contributed by atoms with Crippen LogP contribution in [0.1, 0.15) is 44.4 Å². The number of likely N-dealkylation sites (tertiary alicyclic amines) is 1. The van der Waals surface area contributed by atoms with E-state index in [9.17, 15) is 10.1 Å². The molecule has 3 aromatic carbocycles. The highest BCUT2D eigenvalue weighted by atomic mass is 35.5. The Bertz CT molecular complexity index is 1670. The van der Waals surface area contributed by atoms with Crippen LogP contribution in [0.5, 0.6) is 0 Å². The van der Waals surface area contributed by atoms with Crippen LogP contribution in [0.15, 0.2) is 60.7 Å². The quantitative estimate of drug-likeness (QED) is 0.242. The van der Waals surface area contributed by atoms with Crippen molar-refractivity contribution < 1.29 is 13.6 Å². The highest BCUT2D eigenvalue weighted by molar-refractivity contribution is 6.31. The van der Waals surface area contributed by atoms with E-state index in [0.717, 1.165) is 6.07 Å². The van der Waals surface area contributed by atoms with Crippen molar-refractivity contribution in [3.63, 3.8) is 0 Å². The van der Waals surface area contributed by atoms with Gasteiger partial charge in [-0.15, -0.1) is 10.2 Å². The molecule has 4 aromatic rings. The number of nitrogens with zero attached hydrogens (tertiary/aromatic N) is 5. The van der Waals surface area contributed by atoms with E-state index in [1.54, 1.807) is 30.3 Å². The molecule has 3 atom stereocenters. The molecule has 0 saturated carbocycles. The second-order valence-electron chi connectivity index (χ2n) is 11.5. The standard InChI is InChI=1S/C30H27Cl2F2N7O/c1-29(2,3)14-18-15-41(28(42)36-20-7-4-6-17(12-20)27-37-39-40-38-27)26(21-8-5-9-23(32)25(21)34)30(18,16-35)22-11-10-19(31)13-24(22)33/h4-13,18,26H,14-15H2,1-3H3,(H,36,42)(H,37,38,39,40). The number of carbonyl (C=O) groups excluding carboxylic acids is 1. The third kappa shape index (κ3) is 5.42. The molecule has 2 N–H and O–H groups in total. The van der Waals surface area contributed by atoms with Crippen LogP contribution in [-0.4, -0.2) is 38.1 Å².